The summed E-state index contributed by atoms with van der Waals surface area (Å²) in [4.78, 5) is 9.90. The molecule has 3 nitrogen and oxygen atoms in total. The number of hydrogen-bond donors (Lipinski definition) is 0. The van der Waals surface area contributed by atoms with Crippen molar-refractivity contribution in [1.82, 2.24) is 14.5 Å². The van der Waals surface area contributed by atoms with Crippen molar-refractivity contribution in [3.05, 3.63) is 91.4 Å². The van der Waals surface area contributed by atoms with Gasteiger partial charge in [-0.1, -0.05) is 36.4 Å². The lowest BCUT2D eigenvalue weighted by Crippen LogP contribution is -1.93. The van der Waals surface area contributed by atoms with E-state index in [-0.39, 0.29) is 0 Å². The zero-order chi connectivity index (χ0) is 21.5. The Balaban J connectivity index is 1.55. The molecule has 0 N–H and O–H groups in total. The van der Waals surface area contributed by atoms with Crippen LogP contribution in [0.25, 0.3) is 68.0 Å². The predicted octanol–water partition coefficient (Wildman–Crippen LogP) is 8.31. The second-order valence-corrected chi connectivity index (χ2v) is 10.4. The van der Waals surface area contributed by atoms with Gasteiger partial charge < -0.3 is 4.57 Å². The Labute approximate surface area is 196 Å². The molecule has 33 heavy (non-hydrogen) atoms. The molecule has 0 spiro atoms. The number of thiophene rings is 2. The van der Waals surface area contributed by atoms with Crippen molar-refractivity contribution in [2.24, 2.45) is 0 Å². The van der Waals surface area contributed by atoms with Crippen LogP contribution in [0.3, 0.4) is 0 Å². The van der Waals surface area contributed by atoms with E-state index >= 15 is 0 Å². The fourth-order valence-electron chi connectivity index (χ4n) is 5.20. The first-order valence-electron chi connectivity index (χ1n) is 10.8. The summed E-state index contributed by atoms with van der Waals surface area (Å²) in [6.45, 7) is 0. The molecule has 4 aromatic carbocycles. The SMILES string of the molecule is c1ccc2c(c1)sc1ccc(-n3c4ccccc4c4c5c(ccc43)sc3ncncc35)cc12. The van der Waals surface area contributed by atoms with Crippen molar-refractivity contribution in [2.75, 3.05) is 0 Å². The van der Waals surface area contributed by atoms with Gasteiger partial charge in [-0.2, -0.15) is 0 Å². The van der Waals surface area contributed by atoms with Crippen LogP contribution in [-0.4, -0.2) is 14.5 Å². The molecule has 0 unspecified atom stereocenters. The number of fused-ring (bicyclic) bond motifs is 10. The molecule has 0 fully saturated rings. The summed E-state index contributed by atoms with van der Waals surface area (Å²) < 4.78 is 6.31. The van der Waals surface area contributed by atoms with Crippen LogP contribution in [0.15, 0.2) is 91.4 Å². The molecule has 0 aliphatic carbocycles. The van der Waals surface area contributed by atoms with Gasteiger partial charge in [-0.15, -0.1) is 22.7 Å². The quantitative estimate of drug-likeness (QED) is 0.248. The van der Waals surface area contributed by atoms with Gasteiger partial charge in [-0.25, -0.2) is 9.97 Å². The van der Waals surface area contributed by atoms with Gasteiger partial charge >= 0.3 is 0 Å². The summed E-state index contributed by atoms with van der Waals surface area (Å²) >= 11 is 3.59. The number of para-hydroxylation sites is 1. The standard InChI is InChI=1S/C28H15N3S2/c1-3-7-21-18(6-1)26-22(10-12-25-27(26)20-14-29-15-30-28(20)33-25)31(21)16-9-11-24-19(13-16)17-5-2-4-8-23(17)32-24/h1-15H. The first kappa shape index (κ1) is 17.7. The summed E-state index contributed by atoms with van der Waals surface area (Å²) in [6, 6.07) is 28.8. The van der Waals surface area contributed by atoms with Crippen molar-refractivity contribution < 1.29 is 0 Å². The minimum atomic E-state index is 1.04. The second-order valence-electron chi connectivity index (χ2n) is 8.31. The minimum Gasteiger partial charge on any atom is -0.309 e. The Kier molecular flexibility index (Phi) is 3.42. The van der Waals surface area contributed by atoms with Gasteiger partial charge in [0.1, 0.15) is 11.2 Å². The highest BCUT2D eigenvalue weighted by atomic mass is 32.1. The van der Waals surface area contributed by atoms with Crippen LogP contribution in [0.5, 0.6) is 0 Å². The molecule has 0 saturated carbocycles. The van der Waals surface area contributed by atoms with Gasteiger partial charge in [0.25, 0.3) is 0 Å². The molecule has 5 heteroatoms. The van der Waals surface area contributed by atoms with Crippen molar-refractivity contribution in [3.8, 4) is 5.69 Å². The van der Waals surface area contributed by atoms with E-state index < -0.39 is 0 Å². The normalized spacial score (nSPS) is 12.2. The maximum absolute atomic E-state index is 4.53. The Morgan fingerprint density at radius 1 is 0.606 bits per heavy atom. The first-order chi connectivity index (χ1) is 16.4. The van der Waals surface area contributed by atoms with E-state index in [0.717, 1.165) is 10.2 Å². The average molecular weight is 458 g/mol. The lowest BCUT2D eigenvalue weighted by molar-refractivity contribution is 1.19. The molecular weight excluding hydrogens is 442 g/mol. The molecule has 4 aromatic heterocycles. The van der Waals surface area contributed by atoms with E-state index in [9.17, 15) is 0 Å². The fraction of sp³-hybridized carbons (Fsp3) is 0. The Morgan fingerprint density at radius 2 is 1.42 bits per heavy atom. The monoisotopic (exact) mass is 457 g/mol. The number of aromatic nitrogens is 3. The minimum absolute atomic E-state index is 1.04. The molecule has 0 aliphatic heterocycles. The van der Waals surface area contributed by atoms with Gasteiger partial charge in [0.15, 0.2) is 0 Å². The molecule has 0 bridgehead atoms. The highest BCUT2D eigenvalue weighted by Crippen LogP contribution is 2.43. The summed E-state index contributed by atoms with van der Waals surface area (Å²) in [5, 5.41) is 7.56. The van der Waals surface area contributed by atoms with Gasteiger partial charge in [0, 0.05) is 58.3 Å². The van der Waals surface area contributed by atoms with Gasteiger partial charge in [-0.3, -0.25) is 0 Å². The topological polar surface area (TPSA) is 30.7 Å². The van der Waals surface area contributed by atoms with Crippen LogP contribution >= 0.6 is 22.7 Å². The Morgan fingerprint density at radius 3 is 2.39 bits per heavy atom. The van der Waals surface area contributed by atoms with Crippen LogP contribution in [0.1, 0.15) is 0 Å². The zero-order valence-corrected chi connectivity index (χ0v) is 19.0. The van der Waals surface area contributed by atoms with Crippen molar-refractivity contribution in [2.45, 2.75) is 0 Å². The second kappa shape index (κ2) is 6.38. The molecule has 8 aromatic rings. The molecule has 154 valence electrons. The van der Waals surface area contributed by atoms with Crippen LogP contribution in [-0.2, 0) is 0 Å². The lowest BCUT2D eigenvalue weighted by atomic mass is 10.1. The number of benzene rings is 4. The maximum atomic E-state index is 4.53. The summed E-state index contributed by atoms with van der Waals surface area (Å²) in [5.41, 5.74) is 3.62. The van der Waals surface area contributed by atoms with Crippen molar-refractivity contribution in [1.29, 1.82) is 0 Å². The molecule has 0 saturated heterocycles. The molecule has 8 rings (SSSR count). The number of rotatable bonds is 1. The van der Waals surface area contributed by atoms with Gasteiger partial charge in [-0.05, 0) is 42.5 Å². The van der Waals surface area contributed by atoms with Crippen LogP contribution in [0.4, 0.5) is 0 Å². The third-order valence-electron chi connectivity index (χ3n) is 6.57. The van der Waals surface area contributed by atoms with E-state index in [0.29, 0.717) is 0 Å². The average Bonchev–Trinajstić information content (AvgIpc) is 3.52. The summed E-state index contributed by atoms with van der Waals surface area (Å²) in [6.07, 6.45) is 3.59. The molecule has 0 atom stereocenters. The number of nitrogens with zero attached hydrogens (tertiary/aromatic N) is 3. The predicted molar refractivity (Wildman–Crippen MR) is 142 cm³/mol. The van der Waals surface area contributed by atoms with E-state index in [4.69, 9.17) is 0 Å². The van der Waals surface area contributed by atoms with E-state index in [1.165, 1.54) is 57.8 Å². The maximum Gasteiger partial charge on any atom is 0.127 e. The lowest BCUT2D eigenvalue weighted by Gasteiger charge is -2.08. The Hall–Kier alpha value is -3.80. The smallest absolute Gasteiger partial charge is 0.127 e. The molecular formula is C28H15N3S2. The molecule has 0 aliphatic rings. The largest absolute Gasteiger partial charge is 0.309 e. The van der Waals surface area contributed by atoms with Crippen LogP contribution in [0.2, 0.25) is 0 Å². The van der Waals surface area contributed by atoms with E-state index in [2.05, 4.69) is 93.4 Å². The summed E-state index contributed by atoms with van der Waals surface area (Å²) in [5.74, 6) is 0. The third-order valence-corrected chi connectivity index (χ3v) is 8.80. The molecule has 0 radical (unpaired) electrons. The van der Waals surface area contributed by atoms with Gasteiger partial charge in [0.05, 0.1) is 11.0 Å². The third kappa shape index (κ3) is 2.33. The van der Waals surface area contributed by atoms with Crippen LogP contribution in [0, 0.1) is 0 Å². The Bertz CT molecular complexity index is 2040. The zero-order valence-electron chi connectivity index (χ0n) is 17.3. The van der Waals surface area contributed by atoms with Gasteiger partial charge in [0.2, 0.25) is 0 Å². The highest BCUT2D eigenvalue weighted by molar-refractivity contribution is 7.26. The molecule has 4 heterocycles. The number of hydrogen-bond acceptors (Lipinski definition) is 4. The first-order valence-corrected chi connectivity index (χ1v) is 12.5. The van der Waals surface area contributed by atoms with E-state index in [1.807, 2.05) is 17.5 Å². The summed E-state index contributed by atoms with van der Waals surface area (Å²) in [7, 11) is 0. The molecule has 0 amide bonds. The van der Waals surface area contributed by atoms with E-state index in [1.54, 1.807) is 17.7 Å². The fourth-order valence-corrected chi connectivity index (χ4v) is 7.31. The van der Waals surface area contributed by atoms with Crippen molar-refractivity contribution >= 4 is 85.0 Å². The van der Waals surface area contributed by atoms with Crippen molar-refractivity contribution in [3.63, 3.8) is 0 Å². The van der Waals surface area contributed by atoms with Crippen LogP contribution < -0.4 is 0 Å². The highest BCUT2D eigenvalue weighted by Gasteiger charge is 2.18.